The maximum Gasteiger partial charge on any atom is 0.169 e. The van der Waals surface area contributed by atoms with Gasteiger partial charge in [0.15, 0.2) is 17.8 Å². The van der Waals surface area contributed by atoms with Gasteiger partial charge < -0.3 is 24.6 Å². The third-order valence-electron chi connectivity index (χ3n) is 2.67. The number of benzene rings is 1. The maximum absolute atomic E-state index is 10.00. The van der Waals surface area contributed by atoms with E-state index in [0.29, 0.717) is 42.6 Å². The van der Waals surface area contributed by atoms with E-state index in [1.807, 2.05) is 13.8 Å². The van der Waals surface area contributed by atoms with Crippen molar-refractivity contribution >= 4 is 11.6 Å². The highest BCUT2D eigenvalue weighted by molar-refractivity contribution is 6.30. The standard InChI is InChI=1S/C14H22ClNO4/c1-4-19-13(20-5-2)9-16-8-10-6-11(15)7-12(18-3)14(10)17/h6-7,13,16-17H,4-5,8-9H2,1-3H3. The van der Waals surface area contributed by atoms with Gasteiger partial charge in [-0.1, -0.05) is 11.6 Å². The van der Waals surface area contributed by atoms with Gasteiger partial charge in [0.05, 0.1) is 7.11 Å². The number of methoxy groups -OCH3 is 1. The number of hydrogen-bond donors (Lipinski definition) is 2. The highest BCUT2D eigenvalue weighted by atomic mass is 35.5. The van der Waals surface area contributed by atoms with Gasteiger partial charge >= 0.3 is 0 Å². The Morgan fingerprint density at radius 3 is 2.45 bits per heavy atom. The number of hydrogen-bond acceptors (Lipinski definition) is 5. The predicted molar refractivity (Wildman–Crippen MR) is 78.4 cm³/mol. The maximum atomic E-state index is 10.00. The molecule has 0 saturated carbocycles. The molecule has 0 aliphatic carbocycles. The number of halogens is 1. The second-order valence-electron chi connectivity index (χ2n) is 4.09. The molecule has 0 atom stereocenters. The molecule has 5 nitrogen and oxygen atoms in total. The molecular formula is C14H22ClNO4. The molecule has 0 aliphatic rings. The van der Waals surface area contributed by atoms with Crippen molar-refractivity contribution in [2.45, 2.75) is 26.7 Å². The molecule has 1 aromatic rings. The summed E-state index contributed by atoms with van der Waals surface area (Å²) in [5, 5.41) is 13.7. The summed E-state index contributed by atoms with van der Waals surface area (Å²) in [6.07, 6.45) is -0.298. The predicted octanol–water partition coefficient (Wildman–Crippen LogP) is 2.54. The molecule has 0 saturated heterocycles. The Morgan fingerprint density at radius 2 is 1.90 bits per heavy atom. The molecule has 1 aromatic carbocycles. The molecule has 20 heavy (non-hydrogen) atoms. The molecule has 0 unspecified atom stereocenters. The number of phenolic OH excluding ortho intramolecular Hbond substituents is 1. The number of ether oxygens (including phenoxy) is 3. The lowest BCUT2D eigenvalue weighted by Gasteiger charge is -2.18. The highest BCUT2D eigenvalue weighted by Crippen LogP contribution is 2.33. The summed E-state index contributed by atoms with van der Waals surface area (Å²) in [4.78, 5) is 0. The first-order valence-corrected chi connectivity index (χ1v) is 6.99. The molecule has 0 spiro atoms. The quantitative estimate of drug-likeness (QED) is 0.687. The first-order valence-electron chi connectivity index (χ1n) is 6.61. The minimum Gasteiger partial charge on any atom is -0.504 e. The van der Waals surface area contributed by atoms with E-state index in [-0.39, 0.29) is 12.0 Å². The number of aromatic hydroxyl groups is 1. The van der Waals surface area contributed by atoms with Crippen molar-refractivity contribution in [1.82, 2.24) is 5.32 Å². The first-order chi connectivity index (χ1) is 9.62. The largest absolute Gasteiger partial charge is 0.504 e. The third kappa shape index (κ3) is 5.17. The Hall–Kier alpha value is -1.01. The van der Waals surface area contributed by atoms with Crippen LogP contribution in [-0.2, 0) is 16.0 Å². The van der Waals surface area contributed by atoms with Crippen molar-refractivity contribution in [2.24, 2.45) is 0 Å². The molecule has 0 fully saturated rings. The van der Waals surface area contributed by atoms with Crippen LogP contribution in [0.2, 0.25) is 5.02 Å². The Labute approximate surface area is 124 Å². The van der Waals surface area contributed by atoms with Crippen LogP contribution in [0.4, 0.5) is 0 Å². The lowest BCUT2D eigenvalue weighted by molar-refractivity contribution is -0.133. The first kappa shape index (κ1) is 17.0. The van der Waals surface area contributed by atoms with Gasteiger partial charge in [0.2, 0.25) is 0 Å². The van der Waals surface area contributed by atoms with Crippen LogP contribution < -0.4 is 10.1 Å². The van der Waals surface area contributed by atoms with E-state index in [9.17, 15) is 5.11 Å². The molecule has 0 aromatic heterocycles. The molecule has 0 bridgehead atoms. The van der Waals surface area contributed by atoms with E-state index in [2.05, 4.69) is 5.32 Å². The fourth-order valence-corrected chi connectivity index (χ4v) is 2.01. The second kappa shape index (κ2) is 9.02. The van der Waals surface area contributed by atoms with Gasteiger partial charge in [-0.3, -0.25) is 0 Å². The van der Waals surface area contributed by atoms with E-state index < -0.39 is 0 Å². The van der Waals surface area contributed by atoms with Gasteiger partial charge in [0.1, 0.15) is 0 Å². The molecule has 114 valence electrons. The zero-order chi connectivity index (χ0) is 15.0. The van der Waals surface area contributed by atoms with Gasteiger partial charge in [-0.25, -0.2) is 0 Å². The average molecular weight is 304 g/mol. The Bertz CT molecular complexity index is 408. The number of rotatable bonds is 9. The molecule has 0 aliphatic heterocycles. The van der Waals surface area contributed by atoms with Gasteiger partial charge in [0, 0.05) is 43.0 Å². The zero-order valence-corrected chi connectivity index (χ0v) is 12.9. The summed E-state index contributed by atoms with van der Waals surface area (Å²) in [6.45, 7) is 5.97. The van der Waals surface area contributed by atoms with Crippen LogP contribution in [0.5, 0.6) is 11.5 Å². The third-order valence-corrected chi connectivity index (χ3v) is 2.89. The van der Waals surface area contributed by atoms with Crippen LogP contribution in [0, 0.1) is 0 Å². The van der Waals surface area contributed by atoms with Gasteiger partial charge in [-0.15, -0.1) is 0 Å². The van der Waals surface area contributed by atoms with Crippen LogP contribution >= 0.6 is 11.6 Å². The van der Waals surface area contributed by atoms with Crippen molar-refractivity contribution in [3.63, 3.8) is 0 Å². The summed E-state index contributed by atoms with van der Waals surface area (Å²) in [5.41, 5.74) is 0.668. The van der Waals surface area contributed by atoms with Gasteiger partial charge in [-0.05, 0) is 19.9 Å². The Morgan fingerprint density at radius 1 is 1.25 bits per heavy atom. The highest BCUT2D eigenvalue weighted by Gasteiger charge is 2.11. The molecular weight excluding hydrogens is 282 g/mol. The van der Waals surface area contributed by atoms with Crippen molar-refractivity contribution in [2.75, 3.05) is 26.9 Å². The average Bonchev–Trinajstić information content (AvgIpc) is 2.42. The van der Waals surface area contributed by atoms with Gasteiger partial charge in [-0.2, -0.15) is 0 Å². The minimum absolute atomic E-state index is 0.0915. The van der Waals surface area contributed by atoms with Crippen molar-refractivity contribution in [3.05, 3.63) is 22.7 Å². The smallest absolute Gasteiger partial charge is 0.169 e. The fourth-order valence-electron chi connectivity index (χ4n) is 1.78. The van der Waals surface area contributed by atoms with Crippen LogP contribution in [0.3, 0.4) is 0 Å². The summed E-state index contributed by atoms with van der Waals surface area (Å²) >= 11 is 5.97. The Balaban J connectivity index is 2.58. The van der Waals surface area contributed by atoms with Crippen LogP contribution in [0.1, 0.15) is 19.4 Å². The zero-order valence-electron chi connectivity index (χ0n) is 12.1. The van der Waals surface area contributed by atoms with Crippen molar-refractivity contribution in [3.8, 4) is 11.5 Å². The summed E-state index contributed by atoms with van der Waals surface area (Å²) < 4.78 is 15.9. The topological polar surface area (TPSA) is 60.0 Å². The van der Waals surface area contributed by atoms with E-state index in [1.165, 1.54) is 7.11 Å². The van der Waals surface area contributed by atoms with Crippen LogP contribution in [0.25, 0.3) is 0 Å². The molecule has 0 radical (unpaired) electrons. The van der Waals surface area contributed by atoms with Crippen LogP contribution in [-0.4, -0.2) is 38.3 Å². The molecule has 2 N–H and O–H groups in total. The fraction of sp³-hybridized carbons (Fsp3) is 0.571. The molecule has 0 heterocycles. The Kier molecular flexibility index (Phi) is 7.69. The second-order valence-corrected chi connectivity index (χ2v) is 4.52. The number of phenols is 1. The molecule has 1 rings (SSSR count). The minimum atomic E-state index is -0.298. The van der Waals surface area contributed by atoms with Crippen LogP contribution in [0.15, 0.2) is 12.1 Å². The van der Waals surface area contributed by atoms with E-state index >= 15 is 0 Å². The van der Waals surface area contributed by atoms with Crippen molar-refractivity contribution in [1.29, 1.82) is 0 Å². The lowest BCUT2D eigenvalue weighted by atomic mass is 10.2. The van der Waals surface area contributed by atoms with E-state index in [0.717, 1.165) is 0 Å². The SMILES string of the molecule is CCOC(CNCc1cc(Cl)cc(OC)c1O)OCC. The molecule has 6 heteroatoms. The van der Waals surface area contributed by atoms with E-state index in [4.69, 9.17) is 25.8 Å². The summed E-state index contributed by atoms with van der Waals surface area (Å²) in [5.74, 6) is 0.453. The van der Waals surface area contributed by atoms with E-state index in [1.54, 1.807) is 12.1 Å². The lowest BCUT2D eigenvalue weighted by Crippen LogP contribution is -2.31. The van der Waals surface area contributed by atoms with Crippen molar-refractivity contribution < 1.29 is 19.3 Å². The van der Waals surface area contributed by atoms with Gasteiger partial charge in [0.25, 0.3) is 0 Å². The summed E-state index contributed by atoms with van der Waals surface area (Å²) in [7, 11) is 1.49. The monoisotopic (exact) mass is 303 g/mol. The normalized spacial score (nSPS) is 11.1. The molecule has 0 amide bonds. The summed E-state index contributed by atoms with van der Waals surface area (Å²) in [6, 6.07) is 3.27. The number of nitrogens with one attached hydrogen (secondary N) is 1.